The molecule has 0 saturated heterocycles. The van der Waals surface area contributed by atoms with Gasteiger partial charge in [-0.15, -0.1) is 0 Å². The predicted octanol–water partition coefficient (Wildman–Crippen LogP) is 4.35. The largest absolute Gasteiger partial charge is 0.496 e. The lowest BCUT2D eigenvalue weighted by atomic mass is 9.98. The van der Waals surface area contributed by atoms with Crippen LogP contribution in [0.5, 0.6) is 5.75 Å². The summed E-state index contributed by atoms with van der Waals surface area (Å²) in [6, 6.07) is 12.5. The van der Waals surface area contributed by atoms with E-state index in [4.69, 9.17) is 10.5 Å². The van der Waals surface area contributed by atoms with Gasteiger partial charge in [-0.3, -0.25) is 0 Å². The third-order valence-corrected chi connectivity index (χ3v) is 3.56. The molecule has 118 valence electrons. The molecule has 2 aromatic carbocycles. The third kappa shape index (κ3) is 4.01. The van der Waals surface area contributed by atoms with Gasteiger partial charge >= 0.3 is 6.18 Å². The molecule has 2 rings (SSSR count). The van der Waals surface area contributed by atoms with E-state index in [1.165, 1.54) is 12.1 Å². The van der Waals surface area contributed by atoms with Gasteiger partial charge in [0.05, 0.1) is 12.7 Å². The molecule has 2 nitrogen and oxygen atoms in total. The first kappa shape index (κ1) is 16.4. The summed E-state index contributed by atoms with van der Waals surface area (Å²) in [6.45, 7) is 0. The first-order valence-corrected chi connectivity index (χ1v) is 6.96. The fourth-order valence-electron chi connectivity index (χ4n) is 2.31. The standard InChI is InChI=1S/C17H18F3NO/c1-22-16-5-3-2-4-14(16)15(21)11-8-12-6-9-13(10-7-12)17(18,19)20/h2-7,9-10,15H,8,11,21H2,1H3. The van der Waals surface area contributed by atoms with Crippen molar-refractivity contribution in [2.45, 2.75) is 25.1 Å². The molecule has 1 atom stereocenters. The molecule has 0 aromatic heterocycles. The number of aryl methyl sites for hydroxylation is 1. The molecule has 0 aliphatic heterocycles. The zero-order valence-corrected chi connectivity index (χ0v) is 12.2. The number of rotatable bonds is 5. The summed E-state index contributed by atoms with van der Waals surface area (Å²) < 4.78 is 42.8. The van der Waals surface area contributed by atoms with Gasteiger partial charge in [0.15, 0.2) is 0 Å². The van der Waals surface area contributed by atoms with Crippen molar-refractivity contribution in [2.75, 3.05) is 7.11 Å². The van der Waals surface area contributed by atoms with Crippen molar-refractivity contribution in [1.82, 2.24) is 0 Å². The highest BCUT2D eigenvalue weighted by atomic mass is 19.4. The minimum absolute atomic E-state index is 0.224. The number of hydrogen-bond acceptors (Lipinski definition) is 2. The van der Waals surface area contributed by atoms with Gasteiger partial charge in [0.1, 0.15) is 5.75 Å². The number of nitrogens with two attached hydrogens (primary N) is 1. The molecule has 0 saturated carbocycles. The van der Waals surface area contributed by atoms with Crippen LogP contribution in [0.3, 0.4) is 0 Å². The Morgan fingerprint density at radius 3 is 2.27 bits per heavy atom. The van der Waals surface area contributed by atoms with Crippen LogP contribution in [-0.4, -0.2) is 7.11 Å². The molecule has 0 aliphatic carbocycles. The Balaban J connectivity index is 2.00. The van der Waals surface area contributed by atoms with Crippen molar-refractivity contribution in [2.24, 2.45) is 5.73 Å². The lowest BCUT2D eigenvalue weighted by Crippen LogP contribution is -2.12. The molecule has 0 radical (unpaired) electrons. The van der Waals surface area contributed by atoms with Crippen LogP contribution in [0.1, 0.15) is 29.2 Å². The Kier molecular flexibility index (Phi) is 5.08. The number of ether oxygens (including phenoxy) is 1. The van der Waals surface area contributed by atoms with E-state index in [0.717, 1.165) is 29.0 Å². The fraction of sp³-hybridized carbons (Fsp3) is 0.294. The van der Waals surface area contributed by atoms with E-state index in [0.29, 0.717) is 12.8 Å². The maximum atomic E-state index is 12.5. The predicted molar refractivity (Wildman–Crippen MR) is 79.7 cm³/mol. The van der Waals surface area contributed by atoms with Crippen molar-refractivity contribution in [3.8, 4) is 5.75 Å². The molecule has 5 heteroatoms. The monoisotopic (exact) mass is 309 g/mol. The summed E-state index contributed by atoms with van der Waals surface area (Å²) in [4.78, 5) is 0. The highest BCUT2D eigenvalue weighted by Crippen LogP contribution is 2.30. The van der Waals surface area contributed by atoms with E-state index >= 15 is 0 Å². The maximum absolute atomic E-state index is 12.5. The SMILES string of the molecule is COc1ccccc1C(N)CCc1ccc(C(F)(F)F)cc1. The topological polar surface area (TPSA) is 35.2 Å². The summed E-state index contributed by atoms with van der Waals surface area (Å²) in [5, 5.41) is 0. The van der Waals surface area contributed by atoms with Crippen LogP contribution in [0.25, 0.3) is 0 Å². The van der Waals surface area contributed by atoms with Crippen LogP contribution in [0, 0.1) is 0 Å². The summed E-state index contributed by atoms with van der Waals surface area (Å²) in [6.07, 6.45) is -3.06. The first-order chi connectivity index (χ1) is 10.4. The number of halogens is 3. The van der Waals surface area contributed by atoms with Gasteiger partial charge in [0.2, 0.25) is 0 Å². The molecular weight excluding hydrogens is 291 g/mol. The molecule has 0 fully saturated rings. The van der Waals surface area contributed by atoms with Crippen LogP contribution >= 0.6 is 0 Å². The van der Waals surface area contributed by atoms with Gasteiger partial charge in [-0.25, -0.2) is 0 Å². The molecule has 1 unspecified atom stereocenters. The Morgan fingerprint density at radius 2 is 1.68 bits per heavy atom. The number of benzene rings is 2. The highest BCUT2D eigenvalue weighted by Gasteiger charge is 2.29. The molecule has 0 spiro atoms. The average Bonchev–Trinajstić information content (AvgIpc) is 2.52. The summed E-state index contributed by atoms with van der Waals surface area (Å²) >= 11 is 0. The molecule has 0 bridgehead atoms. The van der Waals surface area contributed by atoms with E-state index in [2.05, 4.69) is 0 Å². The van der Waals surface area contributed by atoms with Gasteiger partial charge in [-0.05, 0) is 36.6 Å². The maximum Gasteiger partial charge on any atom is 0.416 e. The second kappa shape index (κ2) is 6.83. The zero-order chi connectivity index (χ0) is 16.2. The number of alkyl halides is 3. The minimum atomic E-state index is -4.30. The second-order valence-corrected chi connectivity index (χ2v) is 5.08. The number of methoxy groups -OCH3 is 1. The van der Waals surface area contributed by atoms with E-state index < -0.39 is 11.7 Å². The van der Waals surface area contributed by atoms with Crippen LogP contribution in [0.2, 0.25) is 0 Å². The molecule has 2 aromatic rings. The Hall–Kier alpha value is -2.01. The Labute approximate surface area is 127 Å². The van der Waals surface area contributed by atoms with Crippen molar-refractivity contribution >= 4 is 0 Å². The van der Waals surface area contributed by atoms with Crippen LogP contribution in [0.15, 0.2) is 48.5 Å². The van der Waals surface area contributed by atoms with Gasteiger partial charge in [0.25, 0.3) is 0 Å². The van der Waals surface area contributed by atoms with E-state index in [1.807, 2.05) is 24.3 Å². The summed E-state index contributed by atoms with van der Waals surface area (Å²) in [5.74, 6) is 0.724. The summed E-state index contributed by atoms with van der Waals surface area (Å²) in [5.41, 5.74) is 7.26. The van der Waals surface area contributed by atoms with Crippen LogP contribution in [0.4, 0.5) is 13.2 Å². The van der Waals surface area contributed by atoms with Gasteiger partial charge < -0.3 is 10.5 Å². The molecule has 0 amide bonds. The quantitative estimate of drug-likeness (QED) is 0.891. The number of hydrogen-bond donors (Lipinski definition) is 1. The van der Waals surface area contributed by atoms with Gasteiger partial charge in [-0.2, -0.15) is 13.2 Å². The molecule has 0 heterocycles. The second-order valence-electron chi connectivity index (χ2n) is 5.08. The molecule has 22 heavy (non-hydrogen) atoms. The third-order valence-electron chi connectivity index (χ3n) is 3.56. The lowest BCUT2D eigenvalue weighted by molar-refractivity contribution is -0.137. The Bertz CT molecular complexity index is 608. The fourth-order valence-corrected chi connectivity index (χ4v) is 2.31. The first-order valence-electron chi connectivity index (χ1n) is 6.96. The van der Waals surface area contributed by atoms with Gasteiger partial charge in [0, 0.05) is 11.6 Å². The molecule has 0 aliphatic rings. The van der Waals surface area contributed by atoms with Crippen LogP contribution < -0.4 is 10.5 Å². The van der Waals surface area contributed by atoms with Crippen molar-refractivity contribution in [3.05, 3.63) is 65.2 Å². The average molecular weight is 309 g/mol. The van der Waals surface area contributed by atoms with E-state index in [9.17, 15) is 13.2 Å². The minimum Gasteiger partial charge on any atom is -0.496 e. The van der Waals surface area contributed by atoms with Crippen LogP contribution in [-0.2, 0) is 12.6 Å². The molecule has 2 N–H and O–H groups in total. The summed E-state index contributed by atoms with van der Waals surface area (Å²) in [7, 11) is 1.58. The Morgan fingerprint density at radius 1 is 1.05 bits per heavy atom. The molecular formula is C17H18F3NO. The van der Waals surface area contributed by atoms with Crippen molar-refractivity contribution < 1.29 is 17.9 Å². The normalized spacial score (nSPS) is 13.0. The van der Waals surface area contributed by atoms with E-state index in [-0.39, 0.29) is 6.04 Å². The van der Waals surface area contributed by atoms with Crippen molar-refractivity contribution in [3.63, 3.8) is 0 Å². The van der Waals surface area contributed by atoms with Crippen molar-refractivity contribution in [1.29, 1.82) is 0 Å². The highest BCUT2D eigenvalue weighted by molar-refractivity contribution is 5.35. The van der Waals surface area contributed by atoms with Gasteiger partial charge in [-0.1, -0.05) is 30.3 Å². The smallest absolute Gasteiger partial charge is 0.416 e. The lowest BCUT2D eigenvalue weighted by Gasteiger charge is -2.15. The van der Waals surface area contributed by atoms with E-state index in [1.54, 1.807) is 7.11 Å². The zero-order valence-electron chi connectivity index (χ0n) is 12.2. The number of para-hydroxylation sites is 1.